The van der Waals surface area contributed by atoms with Gasteiger partial charge in [0, 0.05) is 0 Å². The lowest BCUT2D eigenvalue weighted by molar-refractivity contribution is -0.197. The van der Waals surface area contributed by atoms with E-state index in [1.807, 2.05) is 0 Å². The van der Waals surface area contributed by atoms with E-state index in [0.717, 1.165) is 30.1 Å². The number of ether oxygens (including phenoxy) is 1. The minimum atomic E-state index is 0.190. The van der Waals surface area contributed by atoms with Crippen molar-refractivity contribution in [1.29, 1.82) is 0 Å². The summed E-state index contributed by atoms with van der Waals surface area (Å²) in [7, 11) is 0. The van der Waals surface area contributed by atoms with Gasteiger partial charge in [-0.25, -0.2) is 0 Å². The first-order valence-electron chi connectivity index (χ1n) is 10.1. The van der Waals surface area contributed by atoms with E-state index < -0.39 is 0 Å². The van der Waals surface area contributed by atoms with Crippen molar-refractivity contribution in [2.75, 3.05) is 0 Å². The van der Waals surface area contributed by atoms with Crippen LogP contribution in [0.15, 0.2) is 0 Å². The zero-order valence-corrected chi connectivity index (χ0v) is 15.0. The molecule has 0 spiro atoms. The monoisotopic (exact) mass is 316 g/mol. The molecule has 2 heteroatoms. The smallest absolute Gasteiger partial charge is 0.309 e. The number of carbonyl (C=O) groups excluding carboxylic acids is 1. The standard InChI is InChI=1S/C21H32O2/c1-11-17-9-16(21(17,2)3)10-18(11)23-20(22)19-14-5-12-4-13(7-14)8-15(19)6-12/h11-19H,4-10H2,1-3H3/t11-,12?,13?,14?,15?,16+,17-,18-,19?/m0/s1. The van der Waals surface area contributed by atoms with Crippen LogP contribution in [0, 0.1) is 52.8 Å². The van der Waals surface area contributed by atoms with Gasteiger partial charge < -0.3 is 4.74 Å². The van der Waals surface area contributed by atoms with Crippen LogP contribution < -0.4 is 0 Å². The summed E-state index contributed by atoms with van der Waals surface area (Å²) in [6.45, 7) is 7.16. The van der Waals surface area contributed by atoms with Crippen molar-refractivity contribution in [3.63, 3.8) is 0 Å². The first-order valence-corrected chi connectivity index (χ1v) is 10.1. The van der Waals surface area contributed by atoms with Gasteiger partial charge in [-0.1, -0.05) is 20.8 Å². The van der Waals surface area contributed by atoms with E-state index in [4.69, 9.17) is 4.74 Å². The number of hydrogen-bond donors (Lipinski definition) is 0. The summed E-state index contributed by atoms with van der Waals surface area (Å²) in [5, 5.41) is 0. The SMILES string of the molecule is C[C@@H]1[C@@H](OC(=O)C2C3CC4CC(C3)CC2C4)C[C@H]2C[C@@H]1C2(C)C. The van der Waals surface area contributed by atoms with Crippen LogP contribution in [-0.2, 0) is 9.53 Å². The Morgan fingerprint density at radius 2 is 1.52 bits per heavy atom. The largest absolute Gasteiger partial charge is 0.462 e. The molecule has 0 radical (unpaired) electrons. The van der Waals surface area contributed by atoms with Crippen LogP contribution in [0.25, 0.3) is 0 Å². The minimum Gasteiger partial charge on any atom is -0.462 e. The van der Waals surface area contributed by atoms with E-state index in [0.29, 0.717) is 23.2 Å². The molecule has 7 saturated carbocycles. The van der Waals surface area contributed by atoms with Crippen molar-refractivity contribution in [2.24, 2.45) is 52.8 Å². The zero-order chi connectivity index (χ0) is 15.9. The highest BCUT2D eigenvalue weighted by Crippen LogP contribution is 2.62. The average Bonchev–Trinajstić information content (AvgIpc) is 2.47. The highest BCUT2D eigenvalue weighted by molar-refractivity contribution is 5.74. The molecular formula is C21H32O2. The molecule has 4 atom stereocenters. The van der Waals surface area contributed by atoms with Crippen molar-refractivity contribution >= 4 is 5.97 Å². The predicted molar refractivity (Wildman–Crippen MR) is 89.6 cm³/mol. The van der Waals surface area contributed by atoms with Gasteiger partial charge in [0.25, 0.3) is 0 Å². The Morgan fingerprint density at radius 1 is 0.913 bits per heavy atom. The van der Waals surface area contributed by atoms with Crippen molar-refractivity contribution in [2.45, 2.75) is 71.8 Å². The maximum Gasteiger partial charge on any atom is 0.309 e. The maximum absolute atomic E-state index is 13.0. The molecule has 2 nitrogen and oxygen atoms in total. The molecule has 0 aromatic carbocycles. The topological polar surface area (TPSA) is 26.3 Å². The Kier molecular flexibility index (Phi) is 3.06. The molecule has 0 aliphatic heterocycles. The fourth-order valence-electron chi connectivity index (χ4n) is 7.80. The van der Waals surface area contributed by atoms with E-state index in [-0.39, 0.29) is 18.0 Å². The molecule has 7 aliphatic rings. The van der Waals surface area contributed by atoms with Crippen LogP contribution in [0.3, 0.4) is 0 Å². The van der Waals surface area contributed by atoms with Crippen LogP contribution >= 0.6 is 0 Å². The number of hydrogen-bond acceptors (Lipinski definition) is 2. The third-order valence-corrected chi connectivity index (χ3v) is 9.05. The fraction of sp³-hybridized carbons (Fsp3) is 0.952. The first kappa shape index (κ1) is 14.8. The molecule has 6 bridgehead atoms. The fourth-order valence-corrected chi connectivity index (χ4v) is 7.80. The molecule has 0 amide bonds. The number of esters is 1. The Labute approximate surface area is 140 Å². The molecule has 7 aliphatic carbocycles. The summed E-state index contributed by atoms with van der Waals surface area (Å²) >= 11 is 0. The average molecular weight is 316 g/mol. The summed E-state index contributed by atoms with van der Waals surface area (Å²) < 4.78 is 6.18. The summed E-state index contributed by atoms with van der Waals surface area (Å²) in [6, 6.07) is 0. The van der Waals surface area contributed by atoms with Gasteiger partial charge in [-0.05, 0) is 91.8 Å². The number of rotatable bonds is 2. The van der Waals surface area contributed by atoms with Gasteiger partial charge in [0.05, 0.1) is 5.92 Å². The normalized spacial score (nSPS) is 55.3. The summed E-state index contributed by atoms with van der Waals surface area (Å²) in [5.41, 5.74) is 0.477. The van der Waals surface area contributed by atoms with Crippen molar-refractivity contribution < 1.29 is 9.53 Å². The van der Waals surface area contributed by atoms with Crippen molar-refractivity contribution in [1.82, 2.24) is 0 Å². The van der Waals surface area contributed by atoms with E-state index >= 15 is 0 Å². The van der Waals surface area contributed by atoms with E-state index in [1.165, 1.54) is 38.5 Å². The Balaban J connectivity index is 1.28. The number of fused-ring (bicyclic) bond motifs is 2. The lowest BCUT2D eigenvalue weighted by atomic mass is 9.45. The van der Waals surface area contributed by atoms with Crippen LogP contribution in [0.1, 0.15) is 65.7 Å². The lowest BCUT2D eigenvalue weighted by Crippen LogP contribution is -2.58. The Bertz CT molecular complexity index is 494. The zero-order valence-electron chi connectivity index (χ0n) is 15.0. The molecule has 0 saturated heterocycles. The molecule has 0 aromatic heterocycles. The van der Waals surface area contributed by atoms with Gasteiger partial charge in [0.2, 0.25) is 0 Å². The van der Waals surface area contributed by atoms with Gasteiger partial charge in [-0.3, -0.25) is 4.79 Å². The van der Waals surface area contributed by atoms with E-state index in [1.54, 1.807) is 0 Å². The van der Waals surface area contributed by atoms with Gasteiger partial charge in [0.15, 0.2) is 0 Å². The first-order chi connectivity index (χ1) is 10.9. The third kappa shape index (κ3) is 2.02. The molecule has 0 unspecified atom stereocenters. The van der Waals surface area contributed by atoms with Crippen molar-refractivity contribution in [3.8, 4) is 0 Å². The highest BCUT2D eigenvalue weighted by Gasteiger charge is 2.58. The second-order valence-electron chi connectivity index (χ2n) is 10.4. The lowest BCUT2D eigenvalue weighted by Gasteiger charge is -2.61. The predicted octanol–water partition coefficient (Wildman–Crippen LogP) is 4.67. The molecule has 23 heavy (non-hydrogen) atoms. The second-order valence-corrected chi connectivity index (χ2v) is 10.4. The van der Waals surface area contributed by atoms with Crippen LogP contribution in [-0.4, -0.2) is 12.1 Å². The number of carbonyl (C=O) groups is 1. The summed E-state index contributed by atoms with van der Waals surface area (Å²) in [5.74, 6) is 5.71. The second kappa shape index (κ2) is 4.76. The molecule has 128 valence electrons. The Morgan fingerprint density at radius 3 is 2.04 bits per heavy atom. The quantitative estimate of drug-likeness (QED) is 0.692. The van der Waals surface area contributed by atoms with E-state index in [2.05, 4.69) is 20.8 Å². The van der Waals surface area contributed by atoms with Crippen LogP contribution in [0.5, 0.6) is 0 Å². The van der Waals surface area contributed by atoms with Gasteiger partial charge in [0.1, 0.15) is 6.10 Å². The summed E-state index contributed by atoms with van der Waals surface area (Å²) in [6.07, 6.45) is 9.38. The van der Waals surface area contributed by atoms with Gasteiger partial charge in [-0.2, -0.15) is 0 Å². The molecule has 7 fully saturated rings. The molecule has 0 N–H and O–H groups in total. The van der Waals surface area contributed by atoms with Crippen molar-refractivity contribution in [3.05, 3.63) is 0 Å². The maximum atomic E-state index is 13.0. The molecule has 0 heterocycles. The van der Waals surface area contributed by atoms with Gasteiger partial charge in [-0.15, -0.1) is 0 Å². The molecular weight excluding hydrogens is 284 g/mol. The van der Waals surface area contributed by atoms with Gasteiger partial charge >= 0.3 is 5.97 Å². The van der Waals surface area contributed by atoms with E-state index in [9.17, 15) is 4.79 Å². The van der Waals surface area contributed by atoms with Crippen LogP contribution in [0.4, 0.5) is 0 Å². The molecule has 7 rings (SSSR count). The minimum absolute atomic E-state index is 0.190. The highest BCUT2D eigenvalue weighted by atomic mass is 16.5. The third-order valence-electron chi connectivity index (χ3n) is 9.05. The molecule has 0 aromatic rings. The Hall–Kier alpha value is -0.530. The van der Waals surface area contributed by atoms with Crippen LogP contribution in [0.2, 0.25) is 0 Å². The summed E-state index contributed by atoms with van der Waals surface area (Å²) in [4.78, 5) is 13.0.